The lowest BCUT2D eigenvalue weighted by Gasteiger charge is -2.25. The van der Waals surface area contributed by atoms with E-state index in [9.17, 15) is 13.2 Å². The maximum Gasteiger partial charge on any atom is 0.251 e. The lowest BCUT2D eigenvalue weighted by Crippen LogP contribution is -3.11. The molecule has 0 spiro atoms. The number of amides is 1. The van der Waals surface area contributed by atoms with Gasteiger partial charge in [0.2, 0.25) is 0 Å². The predicted octanol–water partition coefficient (Wildman–Crippen LogP) is 1.25. The van der Waals surface area contributed by atoms with Crippen molar-refractivity contribution in [2.75, 3.05) is 33.0 Å². The summed E-state index contributed by atoms with van der Waals surface area (Å²) in [5.41, 5.74) is 1.63. The van der Waals surface area contributed by atoms with Crippen LogP contribution in [0.1, 0.15) is 34.8 Å². The largest absolute Gasteiger partial charge is 0.497 e. The zero-order valence-electron chi connectivity index (χ0n) is 16.3. The summed E-state index contributed by atoms with van der Waals surface area (Å²) in [6.45, 7) is 2.71. The van der Waals surface area contributed by atoms with Crippen molar-refractivity contribution in [2.45, 2.75) is 23.8 Å². The molecule has 150 valence electrons. The van der Waals surface area contributed by atoms with Crippen molar-refractivity contribution in [3.8, 4) is 5.75 Å². The molecule has 0 bridgehead atoms. The molecule has 0 unspecified atom stereocenters. The van der Waals surface area contributed by atoms with Crippen LogP contribution in [0.3, 0.4) is 0 Å². The van der Waals surface area contributed by atoms with E-state index in [4.69, 9.17) is 4.74 Å². The van der Waals surface area contributed by atoms with Crippen molar-refractivity contribution in [3.05, 3.63) is 59.7 Å². The summed E-state index contributed by atoms with van der Waals surface area (Å²) in [6.07, 6.45) is 3.55. The number of likely N-dealkylation sites (tertiary alicyclic amines) is 1. The monoisotopic (exact) mass is 403 g/mol. The third kappa shape index (κ3) is 4.91. The zero-order chi connectivity index (χ0) is 20.1. The molecule has 3 rings (SSSR count). The SMILES string of the molecule is COc1ccc([C@H](CNC(=O)c2ccc(S(C)(=O)=O)cc2)[NH+]2CCCC2)cc1. The van der Waals surface area contributed by atoms with Gasteiger partial charge in [0.1, 0.15) is 11.8 Å². The van der Waals surface area contributed by atoms with Crippen molar-refractivity contribution in [2.24, 2.45) is 0 Å². The van der Waals surface area contributed by atoms with E-state index in [0.717, 1.165) is 25.1 Å². The first-order valence-electron chi connectivity index (χ1n) is 9.45. The molecule has 7 heteroatoms. The molecule has 0 aromatic heterocycles. The van der Waals surface area contributed by atoms with Gasteiger partial charge in [-0.25, -0.2) is 8.42 Å². The van der Waals surface area contributed by atoms with Gasteiger partial charge in [-0.2, -0.15) is 0 Å². The molecular weight excluding hydrogens is 376 g/mol. The topological polar surface area (TPSA) is 76.9 Å². The summed E-state index contributed by atoms with van der Waals surface area (Å²) in [5.74, 6) is 0.617. The number of sulfone groups is 1. The van der Waals surface area contributed by atoms with Crippen LogP contribution in [0.2, 0.25) is 0 Å². The van der Waals surface area contributed by atoms with Crippen LogP contribution in [-0.2, 0) is 9.84 Å². The van der Waals surface area contributed by atoms with E-state index >= 15 is 0 Å². The van der Waals surface area contributed by atoms with Gasteiger partial charge < -0.3 is 15.0 Å². The lowest BCUT2D eigenvalue weighted by molar-refractivity contribution is -0.918. The Morgan fingerprint density at radius 2 is 1.68 bits per heavy atom. The molecule has 2 aromatic carbocycles. The number of methoxy groups -OCH3 is 1. The first kappa shape index (κ1) is 20.4. The highest BCUT2D eigenvalue weighted by atomic mass is 32.2. The third-order valence-corrected chi connectivity index (χ3v) is 6.40. The average Bonchev–Trinajstić information content (AvgIpc) is 3.22. The Hall–Kier alpha value is -2.38. The Morgan fingerprint density at radius 3 is 2.21 bits per heavy atom. The highest BCUT2D eigenvalue weighted by Crippen LogP contribution is 2.17. The Bertz CT molecular complexity index is 902. The van der Waals surface area contributed by atoms with Crippen LogP contribution in [0, 0.1) is 0 Å². The summed E-state index contributed by atoms with van der Waals surface area (Å²) < 4.78 is 28.4. The van der Waals surface area contributed by atoms with Crippen molar-refractivity contribution in [1.82, 2.24) is 5.32 Å². The number of hydrogen-bond donors (Lipinski definition) is 2. The van der Waals surface area contributed by atoms with E-state index in [1.54, 1.807) is 19.2 Å². The zero-order valence-corrected chi connectivity index (χ0v) is 17.1. The minimum Gasteiger partial charge on any atom is -0.497 e. The summed E-state index contributed by atoms with van der Waals surface area (Å²) in [5, 5.41) is 3.02. The number of rotatable bonds is 7. The number of hydrogen-bond acceptors (Lipinski definition) is 4. The quantitative estimate of drug-likeness (QED) is 0.730. The maximum absolute atomic E-state index is 12.6. The number of quaternary nitrogens is 1. The first-order valence-corrected chi connectivity index (χ1v) is 11.3. The Morgan fingerprint density at radius 1 is 1.07 bits per heavy atom. The summed E-state index contributed by atoms with van der Waals surface area (Å²) >= 11 is 0. The molecule has 0 saturated carbocycles. The summed E-state index contributed by atoms with van der Waals surface area (Å²) in [4.78, 5) is 14.2. The number of nitrogens with one attached hydrogen (secondary N) is 2. The van der Waals surface area contributed by atoms with Crippen molar-refractivity contribution in [3.63, 3.8) is 0 Å². The average molecular weight is 404 g/mol. The van der Waals surface area contributed by atoms with E-state index in [1.165, 1.54) is 35.4 Å². The number of benzene rings is 2. The molecule has 1 aliphatic rings. The van der Waals surface area contributed by atoms with Gasteiger partial charge in [0.25, 0.3) is 5.91 Å². The Labute approximate surface area is 166 Å². The maximum atomic E-state index is 12.6. The smallest absolute Gasteiger partial charge is 0.251 e. The van der Waals surface area contributed by atoms with Crippen LogP contribution in [0.15, 0.2) is 53.4 Å². The van der Waals surface area contributed by atoms with Gasteiger partial charge in [0.15, 0.2) is 9.84 Å². The molecule has 1 atom stereocenters. The van der Waals surface area contributed by atoms with E-state index in [2.05, 4.69) is 17.4 Å². The van der Waals surface area contributed by atoms with Gasteiger partial charge in [-0.05, 0) is 48.5 Å². The van der Waals surface area contributed by atoms with Crippen LogP contribution in [0.5, 0.6) is 5.75 Å². The second-order valence-electron chi connectivity index (χ2n) is 7.20. The molecule has 0 aliphatic carbocycles. The minimum atomic E-state index is -3.27. The molecular formula is C21H27N2O4S+. The van der Waals surface area contributed by atoms with E-state index in [-0.39, 0.29) is 16.8 Å². The van der Waals surface area contributed by atoms with Gasteiger partial charge in [0, 0.05) is 30.2 Å². The Balaban J connectivity index is 1.71. The van der Waals surface area contributed by atoms with Crippen LogP contribution >= 0.6 is 0 Å². The summed E-state index contributed by atoms with van der Waals surface area (Å²) in [7, 11) is -1.62. The fraction of sp³-hybridized carbons (Fsp3) is 0.381. The fourth-order valence-electron chi connectivity index (χ4n) is 3.66. The van der Waals surface area contributed by atoms with Crippen molar-refractivity contribution in [1.29, 1.82) is 0 Å². The van der Waals surface area contributed by atoms with Gasteiger partial charge in [0.05, 0.1) is 31.6 Å². The number of carbonyl (C=O) groups excluding carboxylic acids is 1. The lowest BCUT2D eigenvalue weighted by atomic mass is 10.0. The first-order chi connectivity index (χ1) is 13.4. The van der Waals surface area contributed by atoms with Crippen molar-refractivity contribution >= 4 is 15.7 Å². The molecule has 2 aromatic rings. The standard InChI is InChI=1S/C21H26N2O4S/c1-27-18-9-5-16(6-10-18)20(23-13-3-4-14-23)15-22-21(24)17-7-11-19(12-8-17)28(2,25)26/h5-12,20H,3-4,13-15H2,1-2H3,(H,22,24)/p+1/t20-/m0/s1. The van der Waals surface area contributed by atoms with Gasteiger partial charge >= 0.3 is 0 Å². The molecule has 1 saturated heterocycles. The predicted molar refractivity (Wildman–Crippen MR) is 108 cm³/mol. The Kier molecular flexibility index (Phi) is 6.36. The minimum absolute atomic E-state index is 0.174. The molecule has 28 heavy (non-hydrogen) atoms. The molecule has 0 radical (unpaired) electrons. The van der Waals surface area contributed by atoms with E-state index in [0.29, 0.717) is 12.1 Å². The molecule has 1 amide bonds. The molecule has 6 nitrogen and oxygen atoms in total. The highest BCUT2D eigenvalue weighted by molar-refractivity contribution is 7.90. The highest BCUT2D eigenvalue weighted by Gasteiger charge is 2.28. The molecule has 1 aliphatic heterocycles. The van der Waals surface area contributed by atoms with Gasteiger partial charge in [-0.3, -0.25) is 4.79 Å². The summed E-state index contributed by atoms with van der Waals surface area (Å²) in [6, 6.07) is 14.2. The van der Waals surface area contributed by atoms with Crippen LogP contribution < -0.4 is 15.0 Å². The van der Waals surface area contributed by atoms with Crippen LogP contribution in [-0.4, -0.2) is 47.3 Å². The number of carbonyl (C=O) groups is 1. The normalized spacial score (nSPS) is 15.9. The molecule has 1 fully saturated rings. The van der Waals surface area contributed by atoms with Crippen LogP contribution in [0.4, 0.5) is 0 Å². The van der Waals surface area contributed by atoms with E-state index in [1.807, 2.05) is 12.1 Å². The number of ether oxygens (including phenoxy) is 1. The van der Waals surface area contributed by atoms with Crippen molar-refractivity contribution < 1.29 is 22.8 Å². The van der Waals surface area contributed by atoms with Gasteiger partial charge in [-0.1, -0.05) is 0 Å². The molecule has 2 N–H and O–H groups in total. The third-order valence-electron chi connectivity index (χ3n) is 5.27. The second-order valence-corrected chi connectivity index (χ2v) is 9.21. The van der Waals surface area contributed by atoms with Crippen LogP contribution in [0.25, 0.3) is 0 Å². The fourth-order valence-corrected chi connectivity index (χ4v) is 4.29. The second kappa shape index (κ2) is 8.75. The molecule has 1 heterocycles. The van der Waals surface area contributed by atoms with E-state index < -0.39 is 9.84 Å². The van der Waals surface area contributed by atoms with Gasteiger partial charge in [-0.15, -0.1) is 0 Å².